The van der Waals surface area contributed by atoms with Gasteiger partial charge in [-0.05, 0) is 56.5 Å². The van der Waals surface area contributed by atoms with Gasteiger partial charge in [-0.2, -0.15) is 0 Å². The number of hydrogen-bond acceptors (Lipinski definition) is 3. The molecule has 1 unspecified atom stereocenters. The molecule has 112 valence electrons. The van der Waals surface area contributed by atoms with Crippen LogP contribution >= 0.6 is 11.6 Å². The molecule has 1 atom stereocenters. The third-order valence-electron chi connectivity index (χ3n) is 3.43. The van der Waals surface area contributed by atoms with E-state index in [1.54, 1.807) is 0 Å². The molecule has 1 heterocycles. The van der Waals surface area contributed by atoms with Crippen molar-refractivity contribution in [1.29, 1.82) is 0 Å². The molecule has 1 aromatic carbocycles. The molecule has 0 aliphatic carbocycles. The minimum atomic E-state index is -3.81. The summed E-state index contributed by atoms with van der Waals surface area (Å²) in [4.78, 5) is -0.358. The van der Waals surface area contributed by atoms with Crippen molar-refractivity contribution in [3.63, 3.8) is 0 Å². The van der Waals surface area contributed by atoms with E-state index in [1.165, 1.54) is 12.1 Å². The van der Waals surface area contributed by atoms with Crippen molar-refractivity contribution in [2.75, 3.05) is 19.6 Å². The highest BCUT2D eigenvalue weighted by molar-refractivity contribution is 7.89. The third kappa shape index (κ3) is 4.15. The molecule has 0 saturated carbocycles. The molecule has 0 radical (unpaired) electrons. The fraction of sp³-hybridized carbons (Fsp3) is 0.538. The zero-order chi connectivity index (χ0) is 14.6. The van der Waals surface area contributed by atoms with E-state index >= 15 is 0 Å². The summed E-state index contributed by atoms with van der Waals surface area (Å²) in [5.74, 6) is -0.356. The lowest BCUT2D eigenvalue weighted by Crippen LogP contribution is -2.33. The lowest BCUT2D eigenvalue weighted by molar-refractivity contribution is 0.358. The lowest BCUT2D eigenvalue weighted by Gasteiger charge is -2.22. The summed E-state index contributed by atoms with van der Waals surface area (Å²) < 4.78 is 40.1. The van der Waals surface area contributed by atoms with Crippen LogP contribution in [0.2, 0.25) is 5.02 Å². The van der Waals surface area contributed by atoms with Gasteiger partial charge in [0.25, 0.3) is 0 Å². The summed E-state index contributed by atoms with van der Waals surface area (Å²) in [5, 5.41) is 3.45. The highest BCUT2D eigenvalue weighted by Gasteiger charge is 2.20. The van der Waals surface area contributed by atoms with Crippen LogP contribution in [0.5, 0.6) is 0 Å². The molecule has 1 aliphatic heterocycles. The SMILES string of the molecule is O=S(=O)(NCCC1CCCNC1)c1ccc(Cl)cc1F. The second-order valence-corrected chi connectivity index (χ2v) is 7.15. The third-order valence-corrected chi connectivity index (χ3v) is 5.16. The van der Waals surface area contributed by atoms with Crippen LogP contribution < -0.4 is 10.0 Å². The summed E-state index contributed by atoms with van der Waals surface area (Å²) in [5.41, 5.74) is 0. The molecule has 7 heteroatoms. The smallest absolute Gasteiger partial charge is 0.243 e. The van der Waals surface area contributed by atoms with Gasteiger partial charge in [0.1, 0.15) is 10.7 Å². The van der Waals surface area contributed by atoms with Gasteiger partial charge < -0.3 is 5.32 Å². The number of piperidine rings is 1. The van der Waals surface area contributed by atoms with Crippen LogP contribution in [0.3, 0.4) is 0 Å². The maximum Gasteiger partial charge on any atom is 0.243 e. The molecule has 0 aromatic heterocycles. The van der Waals surface area contributed by atoms with Crippen LogP contribution in [0.4, 0.5) is 4.39 Å². The van der Waals surface area contributed by atoms with E-state index in [0.29, 0.717) is 12.5 Å². The summed E-state index contributed by atoms with van der Waals surface area (Å²) in [6.07, 6.45) is 2.97. The number of rotatable bonds is 5. The topological polar surface area (TPSA) is 58.2 Å². The number of halogens is 2. The van der Waals surface area contributed by atoms with Gasteiger partial charge in [-0.3, -0.25) is 0 Å². The molecule has 20 heavy (non-hydrogen) atoms. The van der Waals surface area contributed by atoms with Crippen LogP contribution in [-0.2, 0) is 10.0 Å². The molecule has 2 rings (SSSR count). The van der Waals surface area contributed by atoms with Gasteiger partial charge in [0.05, 0.1) is 0 Å². The van der Waals surface area contributed by atoms with Crippen molar-refractivity contribution >= 4 is 21.6 Å². The summed E-state index contributed by atoms with van der Waals surface area (Å²) in [7, 11) is -3.81. The molecule has 1 fully saturated rings. The fourth-order valence-electron chi connectivity index (χ4n) is 2.34. The number of nitrogens with one attached hydrogen (secondary N) is 2. The predicted molar refractivity (Wildman–Crippen MR) is 76.8 cm³/mol. The Hall–Kier alpha value is -0.690. The Bertz CT molecular complexity index is 559. The second-order valence-electron chi connectivity index (χ2n) is 4.97. The zero-order valence-corrected chi connectivity index (χ0v) is 12.6. The highest BCUT2D eigenvalue weighted by atomic mass is 35.5. The van der Waals surface area contributed by atoms with E-state index in [4.69, 9.17) is 11.6 Å². The Labute approximate surface area is 123 Å². The van der Waals surface area contributed by atoms with Gasteiger partial charge in [0.15, 0.2) is 0 Å². The monoisotopic (exact) mass is 320 g/mol. The van der Waals surface area contributed by atoms with E-state index in [9.17, 15) is 12.8 Å². The minimum absolute atomic E-state index is 0.176. The number of hydrogen-bond donors (Lipinski definition) is 2. The van der Waals surface area contributed by atoms with E-state index in [0.717, 1.165) is 38.4 Å². The lowest BCUT2D eigenvalue weighted by atomic mass is 9.96. The maximum absolute atomic E-state index is 13.6. The second kappa shape index (κ2) is 6.85. The van der Waals surface area contributed by atoms with Crippen molar-refractivity contribution in [3.05, 3.63) is 29.0 Å². The first-order chi connectivity index (χ1) is 9.49. The molecule has 1 aromatic rings. The Morgan fingerprint density at radius 3 is 2.90 bits per heavy atom. The Morgan fingerprint density at radius 1 is 1.45 bits per heavy atom. The molecule has 1 saturated heterocycles. The molecule has 0 spiro atoms. The molecule has 2 N–H and O–H groups in total. The molecular formula is C13H18ClFN2O2S. The van der Waals surface area contributed by atoms with Crippen molar-refractivity contribution in [2.24, 2.45) is 5.92 Å². The fourth-order valence-corrected chi connectivity index (χ4v) is 3.60. The maximum atomic E-state index is 13.6. The van der Waals surface area contributed by atoms with Gasteiger partial charge in [-0.15, -0.1) is 0 Å². The van der Waals surface area contributed by atoms with Gasteiger partial charge in [0.2, 0.25) is 10.0 Å². The Morgan fingerprint density at radius 2 is 2.25 bits per heavy atom. The van der Waals surface area contributed by atoms with Crippen molar-refractivity contribution < 1.29 is 12.8 Å². The average Bonchev–Trinajstić information content (AvgIpc) is 2.39. The summed E-state index contributed by atoms with van der Waals surface area (Å²) in [6, 6.07) is 3.55. The summed E-state index contributed by atoms with van der Waals surface area (Å²) in [6.45, 7) is 2.26. The molecule has 0 amide bonds. The molecule has 1 aliphatic rings. The van der Waals surface area contributed by atoms with Crippen LogP contribution in [0.15, 0.2) is 23.1 Å². The zero-order valence-electron chi connectivity index (χ0n) is 11.0. The van der Waals surface area contributed by atoms with Gasteiger partial charge in [-0.1, -0.05) is 11.6 Å². The first-order valence-corrected chi connectivity index (χ1v) is 8.50. The first-order valence-electron chi connectivity index (χ1n) is 6.64. The van der Waals surface area contributed by atoms with Crippen molar-refractivity contribution in [3.8, 4) is 0 Å². The predicted octanol–water partition coefficient (Wildman–Crippen LogP) is 2.15. The molecule has 0 bridgehead atoms. The Balaban J connectivity index is 1.93. The Kier molecular flexibility index (Phi) is 5.37. The van der Waals surface area contributed by atoms with Crippen LogP contribution in [0, 0.1) is 11.7 Å². The quantitative estimate of drug-likeness (QED) is 0.874. The number of benzene rings is 1. The number of sulfonamides is 1. The first kappa shape index (κ1) is 15.7. The van der Waals surface area contributed by atoms with E-state index in [2.05, 4.69) is 10.0 Å². The van der Waals surface area contributed by atoms with Crippen LogP contribution in [0.25, 0.3) is 0 Å². The van der Waals surface area contributed by atoms with Crippen LogP contribution in [-0.4, -0.2) is 28.1 Å². The summed E-state index contributed by atoms with van der Waals surface area (Å²) >= 11 is 5.61. The van der Waals surface area contributed by atoms with E-state index < -0.39 is 15.8 Å². The van der Waals surface area contributed by atoms with Crippen molar-refractivity contribution in [1.82, 2.24) is 10.0 Å². The molecular weight excluding hydrogens is 303 g/mol. The van der Waals surface area contributed by atoms with E-state index in [-0.39, 0.29) is 9.92 Å². The van der Waals surface area contributed by atoms with Gasteiger partial charge >= 0.3 is 0 Å². The normalized spacial score (nSPS) is 20.0. The largest absolute Gasteiger partial charge is 0.316 e. The van der Waals surface area contributed by atoms with E-state index in [1.807, 2.05) is 0 Å². The average molecular weight is 321 g/mol. The standard InChI is InChI=1S/C13H18ClFN2O2S/c14-11-3-4-13(12(15)8-11)20(18,19)17-7-5-10-2-1-6-16-9-10/h3-4,8,10,16-17H,1-2,5-7,9H2. The highest BCUT2D eigenvalue weighted by Crippen LogP contribution is 2.19. The van der Waals surface area contributed by atoms with Crippen LogP contribution in [0.1, 0.15) is 19.3 Å². The van der Waals surface area contributed by atoms with Crippen molar-refractivity contribution in [2.45, 2.75) is 24.2 Å². The minimum Gasteiger partial charge on any atom is -0.316 e. The molecule has 4 nitrogen and oxygen atoms in total. The van der Waals surface area contributed by atoms with Gasteiger partial charge in [-0.25, -0.2) is 17.5 Å². The van der Waals surface area contributed by atoms with Gasteiger partial charge in [0, 0.05) is 11.6 Å².